The fourth-order valence-electron chi connectivity index (χ4n) is 3.01. The second-order valence-corrected chi connectivity index (χ2v) is 6.59. The van der Waals surface area contributed by atoms with Crippen molar-refractivity contribution in [1.29, 1.82) is 0 Å². The van der Waals surface area contributed by atoms with Gasteiger partial charge in [-0.05, 0) is 38.5 Å². The molecular weight excluding hydrogens is 296 g/mol. The number of benzene rings is 1. The fourth-order valence-corrected chi connectivity index (χ4v) is 4.00. The van der Waals surface area contributed by atoms with Gasteiger partial charge in [0.2, 0.25) is 0 Å². The number of thioether (sulfide) groups is 1. The lowest BCUT2D eigenvalue weighted by atomic mass is 10.1. The maximum Gasteiger partial charge on any atom is 0.275 e. The van der Waals surface area contributed by atoms with E-state index in [1.54, 1.807) is 16.7 Å². The van der Waals surface area contributed by atoms with E-state index in [-0.39, 0.29) is 11.7 Å². The molecule has 1 aromatic heterocycles. The molecule has 0 atom stereocenters. The van der Waals surface area contributed by atoms with Crippen molar-refractivity contribution in [2.75, 3.05) is 17.2 Å². The van der Waals surface area contributed by atoms with Crippen LogP contribution in [0.25, 0.3) is 0 Å². The monoisotopic (exact) mass is 314 g/mol. The Kier molecular flexibility index (Phi) is 3.83. The average molecular weight is 314 g/mol. The number of aromatic nitrogens is 1. The standard InChI is InChI=1S/C17H18N2O2S/c1-10-15(12(3)20)11(2)18-16(10)17(21)19-8-9-22-14-7-5-4-6-13(14)19/h4-7,18H,8-9H2,1-3H3. The zero-order chi connectivity index (χ0) is 15.9. The molecule has 0 spiro atoms. The normalized spacial score (nSPS) is 13.9. The summed E-state index contributed by atoms with van der Waals surface area (Å²) >= 11 is 1.76. The van der Waals surface area contributed by atoms with Crippen molar-refractivity contribution in [2.45, 2.75) is 25.7 Å². The minimum atomic E-state index is -0.0687. The van der Waals surface area contributed by atoms with Crippen LogP contribution in [-0.2, 0) is 0 Å². The number of anilines is 1. The highest BCUT2D eigenvalue weighted by atomic mass is 32.2. The molecule has 0 radical (unpaired) electrons. The van der Waals surface area contributed by atoms with Crippen LogP contribution in [-0.4, -0.2) is 29.0 Å². The molecule has 1 N–H and O–H groups in total. The number of nitrogens with one attached hydrogen (secondary N) is 1. The molecule has 0 unspecified atom stereocenters. The Morgan fingerprint density at radius 1 is 1.23 bits per heavy atom. The third-order valence-electron chi connectivity index (χ3n) is 3.98. The molecule has 22 heavy (non-hydrogen) atoms. The first-order valence-electron chi connectivity index (χ1n) is 7.24. The summed E-state index contributed by atoms with van der Waals surface area (Å²) in [5.74, 6) is 0.793. The lowest BCUT2D eigenvalue weighted by Gasteiger charge is -2.28. The van der Waals surface area contributed by atoms with Crippen LogP contribution in [0.15, 0.2) is 29.2 Å². The maximum absolute atomic E-state index is 12.9. The Morgan fingerprint density at radius 2 is 1.95 bits per heavy atom. The lowest BCUT2D eigenvalue weighted by Crippen LogP contribution is -2.36. The predicted octanol–water partition coefficient (Wildman–Crippen LogP) is 3.59. The molecule has 1 amide bonds. The molecule has 2 aromatic rings. The number of H-pyrrole nitrogens is 1. The van der Waals surface area contributed by atoms with Gasteiger partial charge in [0, 0.05) is 28.5 Å². The van der Waals surface area contributed by atoms with E-state index in [2.05, 4.69) is 4.98 Å². The van der Waals surface area contributed by atoms with E-state index in [1.807, 2.05) is 38.1 Å². The Balaban J connectivity index is 2.03. The molecule has 1 aliphatic heterocycles. The van der Waals surface area contributed by atoms with Gasteiger partial charge >= 0.3 is 0 Å². The summed E-state index contributed by atoms with van der Waals surface area (Å²) in [6.07, 6.45) is 0. The van der Waals surface area contributed by atoms with Crippen LogP contribution in [0.3, 0.4) is 0 Å². The summed E-state index contributed by atoms with van der Waals surface area (Å²) in [5, 5.41) is 0. The third-order valence-corrected chi connectivity index (χ3v) is 5.02. The van der Waals surface area contributed by atoms with E-state index in [0.717, 1.165) is 27.6 Å². The molecule has 0 bridgehead atoms. The van der Waals surface area contributed by atoms with Crippen LogP contribution in [0.1, 0.15) is 39.0 Å². The molecule has 3 rings (SSSR count). The first-order chi connectivity index (χ1) is 10.5. The predicted molar refractivity (Wildman–Crippen MR) is 89.1 cm³/mol. The highest BCUT2D eigenvalue weighted by molar-refractivity contribution is 7.99. The number of hydrogen-bond donors (Lipinski definition) is 1. The van der Waals surface area contributed by atoms with Crippen molar-refractivity contribution in [2.24, 2.45) is 0 Å². The minimum absolute atomic E-state index is 0.0140. The van der Waals surface area contributed by atoms with Gasteiger partial charge in [0.05, 0.1) is 5.69 Å². The summed E-state index contributed by atoms with van der Waals surface area (Å²) in [7, 11) is 0. The minimum Gasteiger partial charge on any atom is -0.354 e. The highest BCUT2D eigenvalue weighted by Gasteiger charge is 2.27. The zero-order valence-electron chi connectivity index (χ0n) is 12.9. The van der Waals surface area contributed by atoms with E-state index in [0.29, 0.717) is 17.8 Å². The number of carbonyl (C=O) groups is 2. The van der Waals surface area contributed by atoms with Crippen molar-refractivity contribution >= 4 is 29.1 Å². The first-order valence-corrected chi connectivity index (χ1v) is 8.23. The van der Waals surface area contributed by atoms with E-state index in [1.165, 1.54) is 6.92 Å². The number of fused-ring (bicyclic) bond motifs is 1. The van der Waals surface area contributed by atoms with Crippen molar-refractivity contribution in [1.82, 2.24) is 4.98 Å². The van der Waals surface area contributed by atoms with Gasteiger partial charge < -0.3 is 9.88 Å². The Hall–Kier alpha value is -2.01. The van der Waals surface area contributed by atoms with Gasteiger partial charge in [0.25, 0.3) is 5.91 Å². The molecule has 0 aliphatic carbocycles. The number of rotatable bonds is 2. The quantitative estimate of drug-likeness (QED) is 0.862. The highest BCUT2D eigenvalue weighted by Crippen LogP contribution is 2.35. The number of nitrogens with zero attached hydrogens (tertiary/aromatic N) is 1. The number of para-hydroxylation sites is 1. The summed E-state index contributed by atoms with van der Waals surface area (Å²) < 4.78 is 0. The van der Waals surface area contributed by atoms with E-state index >= 15 is 0 Å². The van der Waals surface area contributed by atoms with E-state index in [4.69, 9.17) is 0 Å². The van der Waals surface area contributed by atoms with Crippen LogP contribution < -0.4 is 4.90 Å². The van der Waals surface area contributed by atoms with Crippen molar-refractivity contribution in [3.8, 4) is 0 Å². The zero-order valence-corrected chi connectivity index (χ0v) is 13.7. The molecule has 0 saturated heterocycles. The molecule has 114 valence electrons. The number of hydrogen-bond acceptors (Lipinski definition) is 3. The van der Waals surface area contributed by atoms with Gasteiger partial charge in [-0.3, -0.25) is 9.59 Å². The first kappa shape index (κ1) is 14.9. The van der Waals surface area contributed by atoms with Gasteiger partial charge in [-0.15, -0.1) is 11.8 Å². The topological polar surface area (TPSA) is 53.2 Å². The molecule has 0 saturated carbocycles. The van der Waals surface area contributed by atoms with Crippen molar-refractivity contribution in [3.63, 3.8) is 0 Å². The van der Waals surface area contributed by atoms with Crippen LogP contribution in [0.2, 0.25) is 0 Å². The second kappa shape index (κ2) is 5.65. The largest absolute Gasteiger partial charge is 0.354 e. The van der Waals surface area contributed by atoms with Gasteiger partial charge in [-0.1, -0.05) is 12.1 Å². The van der Waals surface area contributed by atoms with Crippen molar-refractivity contribution in [3.05, 3.63) is 46.8 Å². The van der Waals surface area contributed by atoms with Crippen molar-refractivity contribution < 1.29 is 9.59 Å². The summed E-state index contributed by atoms with van der Waals surface area (Å²) in [5.41, 5.74) is 3.59. The average Bonchev–Trinajstić information content (AvgIpc) is 2.81. The number of Topliss-reactive ketones (excluding diaryl/α,β-unsaturated/α-hetero) is 1. The SMILES string of the molecule is CC(=O)c1c(C)[nH]c(C(=O)N2CCSc3ccccc32)c1C. The molecule has 1 aliphatic rings. The lowest BCUT2D eigenvalue weighted by molar-refractivity contribution is 0.0982. The molecular formula is C17H18N2O2S. The second-order valence-electron chi connectivity index (χ2n) is 5.45. The Labute approximate surface area is 133 Å². The fraction of sp³-hybridized carbons (Fsp3) is 0.294. The van der Waals surface area contributed by atoms with Gasteiger partial charge in [-0.2, -0.15) is 0 Å². The van der Waals surface area contributed by atoms with Crippen LogP contribution in [0.4, 0.5) is 5.69 Å². The van der Waals surface area contributed by atoms with Crippen LogP contribution >= 0.6 is 11.8 Å². The van der Waals surface area contributed by atoms with Gasteiger partial charge in [0.1, 0.15) is 5.69 Å². The number of aromatic amines is 1. The number of ketones is 1. The molecule has 0 fully saturated rings. The molecule has 2 heterocycles. The van der Waals surface area contributed by atoms with E-state index < -0.39 is 0 Å². The number of aryl methyl sites for hydroxylation is 1. The summed E-state index contributed by atoms with van der Waals surface area (Å²) in [4.78, 5) is 30.7. The maximum atomic E-state index is 12.9. The molecule has 5 heteroatoms. The number of amides is 1. The molecule has 1 aromatic carbocycles. The summed E-state index contributed by atoms with van der Waals surface area (Å²) in [6.45, 7) is 5.87. The summed E-state index contributed by atoms with van der Waals surface area (Å²) in [6, 6.07) is 7.93. The van der Waals surface area contributed by atoms with Crippen LogP contribution in [0, 0.1) is 13.8 Å². The third kappa shape index (κ3) is 2.35. The van der Waals surface area contributed by atoms with E-state index in [9.17, 15) is 9.59 Å². The van der Waals surface area contributed by atoms with Crippen LogP contribution in [0.5, 0.6) is 0 Å². The van der Waals surface area contributed by atoms with Gasteiger partial charge in [0.15, 0.2) is 5.78 Å². The Bertz CT molecular complexity index is 764. The molecule has 4 nitrogen and oxygen atoms in total. The Morgan fingerprint density at radius 3 is 2.64 bits per heavy atom. The smallest absolute Gasteiger partial charge is 0.275 e. The number of carbonyl (C=O) groups excluding carboxylic acids is 2. The van der Waals surface area contributed by atoms with Gasteiger partial charge in [-0.25, -0.2) is 0 Å².